The van der Waals surface area contributed by atoms with Crippen LogP contribution in [-0.2, 0) is 29.2 Å². The van der Waals surface area contributed by atoms with Crippen molar-refractivity contribution in [1.82, 2.24) is 5.32 Å². The van der Waals surface area contributed by atoms with Crippen molar-refractivity contribution in [3.8, 4) is 11.5 Å². The van der Waals surface area contributed by atoms with E-state index in [0.717, 1.165) is 29.5 Å². The third-order valence-electron chi connectivity index (χ3n) is 5.53. The summed E-state index contributed by atoms with van der Waals surface area (Å²) in [6, 6.07) is 24.5. The summed E-state index contributed by atoms with van der Waals surface area (Å²) in [6.45, 7) is 0.785. The summed E-state index contributed by atoms with van der Waals surface area (Å²) in [4.78, 5) is 24.1. The molecule has 0 heterocycles. The molecule has 1 saturated carbocycles. The molecule has 3 N–H and O–H groups in total. The van der Waals surface area contributed by atoms with Crippen LogP contribution in [0.4, 0.5) is 0 Å². The summed E-state index contributed by atoms with van der Waals surface area (Å²) < 4.78 is 12.1. The maximum atomic E-state index is 12.1. The monoisotopic (exact) mass is 444 g/mol. The Kier molecular flexibility index (Phi) is 7.25. The molecule has 0 aromatic heterocycles. The van der Waals surface area contributed by atoms with Gasteiger partial charge in [0.25, 0.3) is 0 Å². The molecule has 0 aliphatic heterocycles. The number of nitrogens with one attached hydrogen (secondary N) is 1. The van der Waals surface area contributed by atoms with E-state index in [2.05, 4.69) is 5.32 Å². The zero-order valence-electron chi connectivity index (χ0n) is 18.4. The minimum absolute atomic E-state index is 0.00498. The first-order chi connectivity index (χ1) is 16.1. The molecule has 0 radical (unpaired) electrons. The third-order valence-corrected chi connectivity index (χ3v) is 5.53. The van der Waals surface area contributed by atoms with Crippen LogP contribution >= 0.6 is 0 Å². The van der Waals surface area contributed by atoms with Gasteiger partial charge in [-0.3, -0.25) is 9.59 Å². The highest BCUT2D eigenvalue weighted by molar-refractivity contribution is 5.88. The summed E-state index contributed by atoms with van der Waals surface area (Å²) >= 11 is 0. The Bertz CT molecular complexity index is 1080. The molecule has 3 aromatic carbocycles. The van der Waals surface area contributed by atoms with Gasteiger partial charge in [-0.1, -0.05) is 66.7 Å². The predicted octanol–water partition coefficient (Wildman–Crippen LogP) is 3.77. The zero-order valence-corrected chi connectivity index (χ0v) is 18.4. The van der Waals surface area contributed by atoms with Crippen molar-refractivity contribution in [1.29, 1.82) is 0 Å². The van der Waals surface area contributed by atoms with Gasteiger partial charge in [0.15, 0.2) is 11.5 Å². The van der Waals surface area contributed by atoms with Crippen molar-refractivity contribution in [3.05, 3.63) is 95.6 Å². The topological polar surface area (TPSA) is 90.7 Å². The second kappa shape index (κ2) is 10.7. The van der Waals surface area contributed by atoms with Crippen LogP contribution in [0.3, 0.4) is 0 Å². The van der Waals surface area contributed by atoms with Crippen molar-refractivity contribution in [2.75, 3.05) is 0 Å². The maximum Gasteiger partial charge on any atom is 0.240 e. The summed E-state index contributed by atoms with van der Waals surface area (Å²) in [6.07, 6.45) is 2.01. The Hall–Kier alpha value is -3.80. The fourth-order valence-electron chi connectivity index (χ4n) is 3.48. The summed E-state index contributed by atoms with van der Waals surface area (Å²) in [5.74, 6) is 0.521. The molecule has 1 fully saturated rings. The van der Waals surface area contributed by atoms with Crippen LogP contribution < -0.4 is 20.5 Å². The van der Waals surface area contributed by atoms with Gasteiger partial charge in [0.1, 0.15) is 19.3 Å². The number of hydrogen-bond donors (Lipinski definition) is 2. The van der Waals surface area contributed by atoms with Crippen molar-refractivity contribution >= 4 is 11.8 Å². The first kappa shape index (κ1) is 22.4. The van der Waals surface area contributed by atoms with Gasteiger partial charge >= 0.3 is 0 Å². The number of hydrogen-bond acceptors (Lipinski definition) is 4. The van der Waals surface area contributed by atoms with Crippen molar-refractivity contribution < 1.29 is 19.1 Å². The van der Waals surface area contributed by atoms with Crippen molar-refractivity contribution in [2.45, 2.75) is 38.5 Å². The first-order valence-electron chi connectivity index (χ1n) is 11.1. The van der Waals surface area contributed by atoms with E-state index in [1.807, 2.05) is 78.9 Å². The largest absolute Gasteiger partial charge is 0.485 e. The lowest BCUT2D eigenvalue weighted by atomic mass is 10.0. The quantitative estimate of drug-likeness (QED) is 0.471. The molecule has 1 atom stereocenters. The van der Waals surface area contributed by atoms with Crippen LogP contribution in [-0.4, -0.2) is 17.9 Å². The van der Waals surface area contributed by atoms with Crippen LogP contribution in [0.2, 0.25) is 0 Å². The molecule has 2 amide bonds. The van der Waals surface area contributed by atoms with Gasteiger partial charge in [0.2, 0.25) is 11.8 Å². The molecule has 1 aliphatic rings. The predicted molar refractivity (Wildman–Crippen MR) is 126 cm³/mol. The molecule has 6 nitrogen and oxygen atoms in total. The molecular weight excluding hydrogens is 416 g/mol. The van der Waals surface area contributed by atoms with Crippen LogP contribution in [0.1, 0.15) is 29.5 Å². The zero-order chi connectivity index (χ0) is 23.0. The van der Waals surface area contributed by atoms with E-state index in [0.29, 0.717) is 24.7 Å². The van der Waals surface area contributed by atoms with E-state index in [9.17, 15) is 9.59 Å². The third kappa shape index (κ3) is 6.59. The van der Waals surface area contributed by atoms with E-state index in [1.165, 1.54) is 0 Å². The normalized spacial score (nSPS) is 13.7. The van der Waals surface area contributed by atoms with Gasteiger partial charge in [0, 0.05) is 12.3 Å². The number of rotatable bonds is 11. The summed E-state index contributed by atoms with van der Waals surface area (Å²) in [7, 11) is 0. The van der Waals surface area contributed by atoms with Crippen LogP contribution in [0.5, 0.6) is 11.5 Å². The Labute approximate surface area is 193 Å². The second-order valence-corrected chi connectivity index (χ2v) is 8.27. The van der Waals surface area contributed by atoms with Gasteiger partial charge in [0.05, 0.1) is 0 Å². The van der Waals surface area contributed by atoms with Gasteiger partial charge < -0.3 is 20.5 Å². The first-order valence-corrected chi connectivity index (χ1v) is 11.1. The molecule has 170 valence electrons. The number of primary amides is 1. The maximum absolute atomic E-state index is 12.1. The molecular formula is C27H28N2O4. The molecule has 6 heteroatoms. The molecule has 0 saturated heterocycles. The lowest BCUT2D eigenvalue weighted by molar-refractivity contribution is -0.128. The van der Waals surface area contributed by atoms with Crippen LogP contribution in [0.15, 0.2) is 78.9 Å². The minimum Gasteiger partial charge on any atom is -0.485 e. The van der Waals surface area contributed by atoms with Gasteiger partial charge in [-0.25, -0.2) is 0 Å². The fraction of sp³-hybridized carbons (Fsp3) is 0.259. The number of carbonyl (C=O) groups excluding carboxylic acids is 2. The number of amides is 2. The number of carbonyl (C=O) groups is 2. The SMILES string of the molecule is NC(=O)[C@H](Cc1ccc(OCc2ccccc2)c(OCc2ccccc2)c1)NC(=O)C1CC1. The molecule has 33 heavy (non-hydrogen) atoms. The van der Waals surface area contributed by atoms with Crippen LogP contribution in [0.25, 0.3) is 0 Å². The second-order valence-electron chi connectivity index (χ2n) is 8.27. The van der Waals surface area contributed by atoms with Crippen LogP contribution in [0, 0.1) is 5.92 Å². The number of benzene rings is 3. The molecule has 1 aliphatic carbocycles. The smallest absolute Gasteiger partial charge is 0.240 e. The van der Waals surface area contributed by atoms with E-state index < -0.39 is 11.9 Å². The highest BCUT2D eigenvalue weighted by Gasteiger charge is 2.32. The van der Waals surface area contributed by atoms with Gasteiger partial charge in [-0.15, -0.1) is 0 Å². The molecule has 0 unspecified atom stereocenters. The Morgan fingerprint density at radius 1 is 0.818 bits per heavy atom. The summed E-state index contributed by atoms with van der Waals surface area (Å²) in [5, 5.41) is 2.78. The molecule has 3 aromatic rings. The lowest BCUT2D eigenvalue weighted by Crippen LogP contribution is -2.46. The minimum atomic E-state index is -0.767. The number of ether oxygens (including phenoxy) is 2. The molecule has 0 spiro atoms. The van der Waals surface area contributed by atoms with E-state index in [-0.39, 0.29) is 18.2 Å². The van der Waals surface area contributed by atoms with Crippen molar-refractivity contribution in [2.24, 2.45) is 11.7 Å². The van der Waals surface area contributed by atoms with Gasteiger partial charge in [-0.2, -0.15) is 0 Å². The summed E-state index contributed by atoms with van der Waals surface area (Å²) in [5.41, 5.74) is 8.46. The Morgan fingerprint density at radius 2 is 1.39 bits per heavy atom. The Morgan fingerprint density at radius 3 is 1.94 bits per heavy atom. The highest BCUT2D eigenvalue weighted by Crippen LogP contribution is 2.31. The Balaban J connectivity index is 1.50. The van der Waals surface area contributed by atoms with E-state index in [4.69, 9.17) is 15.2 Å². The van der Waals surface area contributed by atoms with Gasteiger partial charge in [-0.05, 0) is 41.7 Å². The van der Waals surface area contributed by atoms with E-state index >= 15 is 0 Å². The highest BCUT2D eigenvalue weighted by atomic mass is 16.5. The van der Waals surface area contributed by atoms with Crippen molar-refractivity contribution in [3.63, 3.8) is 0 Å². The average Bonchev–Trinajstić information content (AvgIpc) is 3.68. The molecule has 4 rings (SSSR count). The lowest BCUT2D eigenvalue weighted by Gasteiger charge is -2.18. The molecule has 0 bridgehead atoms. The average molecular weight is 445 g/mol. The standard InChI is InChI=1S/C27H28N2O4/c28-26(30)23(29-27(31)22-12-13-22)15-21-11-14-24(32-17-19-7-3-1-4-8-19)25(16-21)33-18-20-9-5-2-6-10-20/h1-11,14,16,22-23H,12-13,15,17-18H2,(H2,28,30)(H,29,31)/t23-/m0/s1. The van der Waals surface area contributed by atoms with E-state index in [1.54, 1.807) is 0 Å². The number of nitrogens with two attached hydrogens (primary N) is 1. The fourth-order valence-corrected chi connectivity index (χ4v) is 3.48.